The molecule has 1 aliphatic rings. The van der Waals surface area contributed by atoms with Crippen LogP contribution in [0.4, 0.5) is 8.78 Å². The minimum atomic E-state index is -0.391. The van der Waals surface area contributed by atoms with Crippen LogP contribution in [0.3, 0.4) is 0 Å². The number of nitrogens with one attached hydrogen (secondary N) is 2. The first-order valence-corrected chi connectivity index (χ1v) is 8.00. The second-order valence-corrected chi connectivity index (χ2v) is 6.19. The summed E-state index contributed by atoms with van der Waals surface area (Å²) in [6, 6.07) is 4.23. The molecule has 3 atom stereocenters. The lowest BCUT2D eigenvalue weighted by Crippen LogP contribution is -2.38. The molecule has 1 fully saturated rings. The molecule has 1 saturated heterocycles. The Morgan fingerprint density at radius 2 is 2.05 bits per heavy atom. The van der Waals surface area contributed by atoms with Gasteiger partial charge in [-0.15, -0.1) is 0 Å². The van der Waals surface area contributed by atoms with E-state index in [2.05, 4.69) is 17.6 Å². The molecule has 0 amide bonds. The van der Waals surface area contributed by atoms with E-state index in [0.29, 0.717) is 11.6 Å². The lowest BCUT2D eigenvalue weighted by Gasteiger charge is -2.25. The Labute approximate surface area is 126 Å². The molecule has 2 nitrogen and oxygen atoms in total. The van der Waals surface area contributed by atoms with Crippen LogP contribution >= 0.6 is 0 Å². The minimum absolute atomic E-state index is 0.193. The van der Waals surface area contributed by atoms with E-state index in [1.807, 2.05) is 6.92 Å². The number of halogens is 2. The van der Waals surface area contributed by atoms with Crippen molar-refractivity contribution < 1.29 is 8.78 Å². The summed E-state index contributed by atoms with van der Waals surface area (Å²) in [6.45, 7) is 5.08. The zero-order valence-electron chi connectivity index (χ0n) is 13.0. The van der Waals surface area contributed by atoms with Gasteiger partial charge in [-0.25, -0.2) is 8.78 Å². The van der Waals surface area contributed by atoms with Crippen LogP contribution in [0, 0.1) is 11.6 Å². The Morgan fingerprint density at radius 3 is 2.86 bits per heavy atom. The average molecular weight is 296 g/mol. The first-order chi connectivity index (χ1) is 10.1. The molecule has 1 aromatic carbocycles. The van der Waals surface area contributed by atoms with Gasteiger partial charge < -0.3 is 10.6 Å². The summed E-state index contributed by atoms with van der Waals surface area (Å²) in [5.74, 6) is -0.741. The number of benzene rings is 1. The van der Waals surface area contributed by atoms with E-state index in [0.717, 1.165) is 19.0 Å². The zero-order valence-corrected chi connectivity index (χ0v) is 13.0. The fraction of sp³-hybridized carbons (Fsp3) is 0.647. The molecular formula is C17H26F2N2. The van der Waals surface area contributed by atoms with Gasteiger partial charge in [-0.1, -0.05) is 12.8 Å². The fourth-order valence-electron chi connectivity index (χ4n) is 3.16. The van der Waals surface area contributed by atoms with Crippen LogP contribution in [-0.2, 0) is 0 Å². The Balaban J connectivity index is 1.89. The van der Waals surface area contributed by atoms with Crippen molar-refractivity contribution in [3.8, 4) is 0 Å². The van der Waals surface area contributed by atoms with Crippen LogP contribution in [0.25, 0.3) is 0 Å². The second kappa shape index (κ2) is 7.85. The van der Waals surface area contributed by atoms with Gasteiger partial charge in [-0.2, -0.15) is 0 Å². The monoisotopic (exact) mass is 296 g/mol. The van der Waals surface area contributed by atoms with E-state index >= 15 is 0 Å². The van der Waals surface area contributed by atoms with Crippen LogP contribution in [0.2, 0.25) is 0 Å². The molecule has 1 aromatic rings. The van der Waals surface area contributed by atoms with E-state index in [9.17, 15) is 8.78 Å². The highest BCUT2D eigenvalue weighted by molar-refractivity contribution is 5.21. The van der Waals surface area contributed by atoms with Gasteiger partial charge in [-0.05, 0) is 57.9 Å². The molecule has 2 N–H and O–H groups in total. The number of hydrogen-bond acceptors (Lipinski definition) is 2. The van der Waals surface area contributed by atoms with Gasteiger partial charge in [0, 0.05) is 23.7 Å². The highest BCUT2D eigenvalue weighted by atomic mass is 19.1. The van der Waals surface area contributed by atoms with Crippen molar-refractivity contribution in [2.75, 3.05) is 6.54 Å². The third kappa shape index (κ3) is 5.04. The summed E-state index contributed by atoms with van der Waals surface area (Å²) in [4.78, 5) is 0. The highest BCUT2D eigenvalue weighted by Gasteiger charge is 2.18. The van der Waals surface area contributed by atoms with Crippen molar-refractivity contribution >= 4 is 0 Å². The van der Waals surface area contributed by atoms with Gasteiger partial charge in [0.15, 0.2) is 0 Å². The van der Waals surface area contributed by atoms with E-state index < -0.39 is 5.82 Å². The van der Waals surface area contributed by atoms with Crippen molar-refractivity contribution in [2.45, 2.75) is 64.1 Å². The quantitative estimate of drug-likeness (QED) is 0.860. The van der Waals surface area contributed by atoms with E-state index in [1.54, 1.807) is 0 Å². The van der Waals surface area contributed by atoms with Gasteiger partial charge in [0.05, 0.1) is 0 Å². The smallest absolute Gasteiger partial charge is 0.128 e. The lowest BCUT2D eigenvalue weighted by molar-refractivity contribution is 0.376. The third-order valence-corrected chi connectivity index (χ3v) is 4.26. The fourth-order valence-corrected chi connectivity index (χ4v) is 3.16. The molecule has 3 unspecified atom stereocenters. The zero-order chi connectivity index (χ0) is 15.2. The molecule has 0 bridgehead atoms. The normalized spacial score (nSPS) is 22.6. The van der Waals surface area contributed by atoms with Gasteiger partial charge >= 0.3 is 0 Å². The standard InChI is InChI=1S/C17H26F2N2/c1-12(10-15-6-4-3-5-9-20-15)21-13(2)16-11-14(18)7-8-17(16)19/h7-8,11-13,15,20-21H,3-6,9-10H2,1-2H3. The van der Waals surface area contributed by atoms with E-state index in [1.165, 1.54) is 37.8 Å². The van der Waals surface area contributed by atoms with Crippen molar-refractivity contribution in [3.05, 3.63) is 35.4 Å². The van der Waals surface area contributed by atoms with Gasteiger partial charge in [0.25, 0.3) is 0 Å². The van der Waals surface area contributed by atoms with Gasteiger partial charge in [0.2, 0.25) is 0 Å². The van der Waals surface area contributed by atoms with Crippen molar-refractivity contribution in [1.29, 1.82) is 0 Å². The molecule has 0 spiro atoms. The predicted octanol–water partition coefficient (Wildman–Crippen LogP) is 3.93. The maximum Gasteiger partial charge on any atom is 0.128 e. The second-order valence-electron chi connectivity index (χ2n) is 6.19. The molecular weight excluding hydrogens is 270 g/mol. The Bertz CT molecular complexity index is 442. The van der Waals surface area contributed by atoms with Crippen molar-refractivity contribution in [1.82, 2.24) is 10.6 Å². The molecule has 2 rings (SSSR count). The third-order valence-electron chi connectivity index (χ3n) is 4.26. The summed E-state index contributed by atoms with van der Waals surface area (Å²) < 4.78 is 27.0. The largest absolute Gasteiger partial charge is 0.314 e. The van der Waals surface area contributed by atoms with Crippen molar-refractivity contribution in [3.63, 3.8) is 0 Å². The van der Waals surface area contributed by atoms with Gasteiger partial charge in [-0.3, -0.25) is 0 Å². The van der Waals surface area contributed by atoms with E-state index in [4.69, 9.17) is 0 Å². The Hall–Kier alpha value is -1.00. The highest BCUT2D eigenvalue weighted by Crippen LogP contribution is 2.20. The Kier molecular flexibility index (Phi) is 6.12. The molecule has 1 heterocycles. The molecule has 118 valence electrons. The van der Waals surface area contributed by atoms with E-state index in [-0.39, 0.29) is 17.9 Å². The van der Waals surface area contributed by atoms with Crippen LogP contribution in [0.5, 0.6) is 0 Å². The summed E-state index contributed by atoms with van der Waals surface area (Å²) in [6.07, 6.45) is 6.05. The molecule has 0 radical (unpaired) electrons. The first-order valence-electron chi connectivity index (χ1n) is 8.00. The minimum Gasteiger partial charge on any atom is -0.314 e. The molecule has 1 aliphatic heterocycles. The molecule has 0 aromatic heterocycles. The number of rotatable bonds is 5. The molecule has 0 aliphatic carbocycles. The van der Waals surface area contributed by atoms with Crippen molar-refractivity contribution in [2.24, 2.45) is 0 Å². The Morgan fingerprint density at radius 1 is 1.24 bits per heavy atom. The summed E-state index contributed by atoms with van der Waals surface area (Å²) in [5, 5.41) is 6.96. The lowest BCUT2D eigenvalue weighted by atomic mass is 10.0. The molecule has 21 heavy (non-hydrogen) atoms. The van der Waals surface area contributed by atoms with Crippen LogP contribution < -0.4 is 10.6 Å². The number of hydrogen-bond donors (Lipinski definition) is 2. The van der Waals surface area contributed by atoms with Crippen LogP contribution in [0.15, 0.2) is 18.2 Å². The predicted molar refractivity (Wildman–Crippen MR) is 82.2 cm³/mol. The van der Waals surface area contributed by atoms with Gasteiger partial charge in [0.1, 0.15) is 11.6 Å². The maximum atomic E-state index is 13.8. The first kappa shape index (κ1) is 16.4. The summed E-state index contributed by atoms with van der Waals surface area (Å²) >= 11 is 0. The SMILES string of the molecule is CC(CC1CCCCCN1)NC(C)c1cc(F)ccc1F. The molecule has 4 heteroatoms. The summed E-state index contributed by atoms with van der Waals surface area (Å²) in [7, 11) is 0. The topological polar surface area (TPSA) is 24.1 Å². The van der Waals surface area contributed by atoms with Crippen LogP contribution in [-0.4, -0.2) is 18.6 Å². The molecule has 0 saturated carbocycles. The summed E-state index contributed by atoms with van der Waals surface area (Å²) in [5.41, 5.74) is 0.399. The average Bonchev–Trinajstić information content (AvgIpc) is 2.70. The van der Waals surface area contributed by atoms with Crippen LogP contribution in [0.1, 0.15) is 57.6 Å². The maximum absolute atomic E-state index is 13.8.